The van der Waals surface area contributed by atoms with Gasteiger partial charge in [0.2, 0.25) is 5.91 Å². The van der Waals surface area contributed by atoms with Crippen molar-refractivity contribution in [3.8, 4) is 22.5 Å². The van der Waals surface area contributed by atoms with Crippen LogP contribution in [0.4, 0.5) is 0 Å². The predicted molar refractivity (Wildman–Crippen MR) is 117 cm³/mol. The maximum Gasteiger partial charge on any atom is 0.242 e. The molecule has 3 N–H and O–H groups in total. The summed E-state index contributed by atoms with van der Waals surface area (Å²) >= 11 is 6.80. The first-order chi connectivity index (χ1) is 14.5. The molecule has 0 unspecified atom stereocenters. The number of nitrogens with zero attached hydrogens (tertiary/aromatic N) is 4. The SMILES string of the molecule is C[C@H]([OH2+])CNC(=O)Cn1nc(-c2ccccc2)c2c(Cl)c(-c3ccccc3)nnc21. The minimum absolute atomic E-state index is 0.0360. The van der Waals surface area contributed by atoms with Crippen LogP contribution in [0.5, 0.6) is 0 Å². The quantitative estimate of drug-likeness (QED) is 0.483. The Morgan fingerprint density at radius 3 is 2.23 bits per heavy atom. The number of fused-ring (bicyclic) bond motifs is 1. The van der Waals surface area contributed by atoms with Gasteiger partial charge in [-0.3, -0.25) is 4.79 Å². The van der Waals surface area contributed by atoms with Crippen molar-refractivity contribution in [2.75, 3.05) is 6.54 Å². The Bertz CT molecular complexity index is 1180. The summed E-state index contributed by atoms with van der Waals surface area (Å²) in [6.07, 6.45) is -0.383. The summed E-state index contributed by atoms with van der Waals surface area (Å²) in [5.41, 5.74) is 3.37. The van der Waals surface area contributed by atoms with Gasteiger partial charge in [0.1, 0.15) is 17.9 Å². The van der Waals surface area contributed by atoms with Crippen molar-refractivity contribution in [1.82, 2.24) is 25.3 Å². The molecular formula is C22H21ClN5O2+. The largest absolute Gasteiger partial charge is 0.442 e. The Morgan fingerprint density at radius 1 is 1.03 bits per heavy atom. The first-order valence-corrected chi connectivity index (χ1v) is 9.93. The van der Waals surface area contributed by atoms with Gasteiger partial charge in [0.25, 0.3) is 0 Å². The van der Waals surface area contributed by atoms with Crippen LogP contribution < -0.4 is 5.32 Å². The lowest BCUT2D eigenvalue weighted by atomic mass is 10.1. The van der Waals surface area contributed by atoms with Gasteiger partial charge in [-0.25, -0.2) is 4.68 Å². The zero-order chi connectivity index (χ0) is 21.1. The number of carbonyl (C=O) groups excluding carboxylic acids is 1. The van der Waals surface area contributed by atoms with Crippen LogP contribution in [-0.4, -0.2) is 43.6 Å². The van der Waals surface area contributed by atoms with Crippen molar-refractivity contribution in [2.45, 2.75) is 19.6 Å². The second-order valence-electron chi connectivity index (χ2n) is 7.00. The summed E-state index contributed by atoms with van der Waals surface area (Å²) in [6, 6.07) is 19.2. The number of carbonyl (C=O) groups is 1. The minimum Gasteiger partial charge on any atom is -0.442 e. The molecule has 0 spiro atoms. The molecule has 1 amide bonds. The van der Waals surface area contributed by atoms with E-state index in [1.165, 1.54) is 4.68 Å². The summed E-state index contributed by atoms with van der Waals surface area (Å²) in [5.74, 6) is -0.247. The second kappa shape index (κ2) is 8.61. The highest BCUT2D eigenvalue weighted by Crippen LogP contribution is 2.37. The van der Waals surface area contributed by atoms with Crippen molar-refractivity contribution in [1.29, 1.82) is 0 Å². The van der Waals surface area contributed by atoms with Gasteiger partial charge in [0.15, 0.2) is 11.8 Å². The predicted octanol–water partition coefficient (Wildman–Crippen LogP) is 3.04. The molecule has 2 aromatic heterocycles. The standard InChI is InChI=1S/C22H20ClN5O2/c1-14(29)12-24-17(30)13-28-22-18(20(27-28)15-8-4-2-5-9-15)19(23)21(25-26-22)16-10-6-3-7-11-16/h2-11,14,29H,12-13H2,1H3,(H,24,30)/p+1/t14-/m0/s1. The molecule has 0 radical (unpaired) electrons. The number of halogens is 1. The van der Waals surface area contributed by atoms with E-state index in [9.17, 15) is 4.79 Å². The van der Waals surface area contributed by atoms with Gasteiger partial charge < -0.3 is 10.4 Å². The Hall–Kier alpha value is -3.29. The number of benzene rings is 2. The third-order valence-electron chi connectivity index (χ3n) is 4.59. The van der Waals surface area contributed by atoms with Crippen LogP contribution in [0, 0.1) is 0 Å². The van der Waals surface area contributed by atoms with E-state index in [2.05, 4.69) is 20.6 Å². The highest BCUT2D eigenvalue weighted by molar-refractivity contribution is 6.38. The highest BCUT2D eigenvalue weighted by Gasteiger charge is 2.22. The summed E-state index contributed by atoms with van der Waals surface area (Å²) in [6.45, 7) is 1.95. The van der Waals surface area contributed by atoms with Crippen LogP contribution >= 0.6 is 11.6 Å². The van der Waals surface area contributed by atoms with E-state index >= 15 is 0 Å². The van der Waals surface area contributed by atoms with E-state index in [1.807, 2.05) is 60.7 Å². The molecule has 2 aromatic carbocycles. The Labute approximate surface area is 178 Å². The number of hydrogen-bond acceptors (Lipinski definition) is 4. The lowest BCUT2D eigenvalue weighted by Crippen LogP contribution is -2.33. The number of aromatic nitrogens is 4. The molecule has 0 bridgehead atoms. The molecule has 0 saturated carbocycles. The van der Waals surface area contributed by atoms with Gasteiger partial charge in [-0.2, -0.15) is 5.10 Å². The van der Waals surface area contributed by atoms with Gasteiger partial charge in [-0.05, 0) is 0 Å². The normalized spacial score (nSPS) is 12.1. The first-order valence-electron chi connectivity index (χ1n) is 9.56. The number of hydrogen-bond donors (Lipinski definition) is 1. The molecule has 2 heterocycles. The van der Waals surface area contributed by atoms with Crippen LogP contribution in [-0.2, 0) is 11.3 Å². The molecule has 7 nitrogen and oxygen atoms in total. The van der Waals surface area contributed by atoms with Crippen LogP contribution in [0.25, 0.3) is 33.5 Å². The molecule has 0 aliphatic carbocycles. The molecule has 30 heavy (non-hydrogen) atoms. The fourth-order valence-corrected chi connectivity index (χ4v) is 3.49. The maximum absolute atomic E-state index is 12.3. The number of nitrogens with one attached hydrogen (secondary N) is 1. The first kappa shape index (κ1) is 20.0. The van der Waals surface area contributed by atoms with Crippen LogP contribution in [0.2, 0.25) is 5.02 Å². The van der Waals surface area contributed by atoms with E-state index < -0.39 is 0 Å². The van der Waals surface area contributed by atoms with Crippen molar-refractivity contribution in [3.63, 3.8) is 0 Å². The fourth-order valence-electron chi connectivity index (χ4n) is 3.16. The molecular weight excluding hydrogens is 402 g/mol. The van der Waals surface area contributed by atoms with Crippen LogP contribution in [0.15, 0.2) is 60.7 Å². The van der Waals surface area contributed by atoms with E-state index in [1.54, 1.807) is 6.92 Å². The highest BCUT2D eigenvalue weighted by atomic mass is 35.5. The van der Waals surface area contributed by atoms with Crippen molar-refractivity contribution >= 4 is 28.5 Å². The minimum atomic E-state index is -0.383. The van der Waals surface area contributed by atoms with E-state index in [4.69, 9.17) is 16.7 Å². The van der Waals surface area contributed by atoms with E-state index in [0.29, 0.717) is 27.4 Å². The average molecular weight is 423 g/mol. The molecule has 8 heteroatoms. The third kappa shape index (κ3) is 4.03. The molecule has 152 valence electrons. The molecule has 0 aliphatic heterocycles. The van der Waals surface area contributed by atoms with Crippen molar-refractivity contribution in [3.05, 3.63) is 65.7 Å². The Kier molecular flexibility index (Phi) is 5.74. The molecule has 4 rings (SSSR count). The summed E-state index contributed by atoms with van der Waals surface area (Å²) in [5, 5.41) is 24.7. The van der Waals surface area contributed by atoms with E-state index in [0.717, 1.165) is 11.1 Å². The van der Waals surface area contributed by atoms with Crippen molar-refractivity contribution < 1.29 is 9.90 Å². The monoisotopic (exact) mass is 422 g/mol. The lowest BCUT2D eigenvalue weighted by Gasteiger charge is -2.07. The molecule has 0 fully saturated rings. The van der Waals surface area contributed by atoms with Gasteiger partial charge in [-0.1, -0.05) is 72.3 Å². The van der Waals surface area contributed by atoms with Gasteiger partial charge >= 0.3 is 0 Å². The number of rotatable bonds is 6. The van der Waals surface area contributed by atoms with Gasteiger partial charge in [0.05, 0.1) is 17.0 Å². The molecule has 0 aliphatic rings. The lowest BCUT2D eigenvalue weighted by molar-refractivity contribution is -0.122. The second-order valence-corrected chi connectivity index (χ2v) is 7.38. The smallest absolute Gasteiger partial charge is 0.242 e. The fraction of sp³-hybridized carbons (Fsp3) is 0.182. The maximum atomic E-state index is 12.3. The van der Waals surface area contributed by atoms with Crippen LogP contribution in [0.3, 0.4) is 0 Å². The van der Waals surface area contributed by atoms with Gasteiger partial charge in [0, 0.05) is 18.1 Å². The summed E-state index contributed by atoms with van der Waals surface area (Å²) in [7, 11) is 0. The van der Waals surface area contributed by atoms with E-state index in [-0.39, 0.29) is 25.1 Å². The topological polar surface area (TPSA) is 95.6 Å². The van der Waals surface area contributed by atoms with Crippen molar-refractivity contribution in [2.24, 2.45) is 0 Å². The Morgan fingerprint density at radius 2 is 1.63 bits per heavy atom. The zero-order valence-corrected chi connectivity index (χ0v) is 17.1. The zero-order valence-electron chi connectivity index (χ0n) is 16.3. The number of amides is 1. The third-order valence-corrected chi connectivity index (χ3v) is 4.96. The molecule has 0 saturated heterocycles. The van der Waals surface area contributed by atoms with Gasteiger partial charge in [-0.15, -0.1) is 10.2 Å². The summed E-state index contributed by atoms with van der Waals surface area (Å²) < 4.78 is 1.51. The summed E-state index contributed by atoms with van der Waals surface area (Å²) in [4.78, 5) is 12.3. The molecule has 4 aromatic rings. The average Bonchev–Trinajstić information content (AvgIpc) is 3.13. The Balaban J connectivity index is 1.84. The molecule has 1 atom stereocenters. The van der Waals surface area contributed by atoms with Crippen LogP contribution in [0.1, 0.15) is 6.92 Å².